The first-order valence-corrected chi connectivity index (χ1v) is 23.6. The molecule has 3 amide bonds. The average molecular weight is 752 g/mol. The third-order valence-corrected chi connectivity index (χ3v) is 19.3. The van der Waals surface area contributed by atoms with Crippen LogP contribution in [0.15, 0.2) is 23.7 Å². The van der Waals surface area contributed by atoms with Gasteiger partial charge in [0, 0.05) is 30.3 Å². The van der Waals surface area contributed by atoms with Crippen molar-refractivity contribution in [3.63, 3.8) is 0 Å². The Kier molecular flexibility index (Phi) is 15.9. The summed E-state index contributed by atoms with van der Waals surface area (Å²) >= 11 is 1.21. The first-order chi connectivity index (χ1) is 23.1. The lowest BCUT2D eigenvalue weighted by atomic mass is 10.2. The van der Waals surface area contributed by atoms with E-state index in [1.165, 1.54) is 17.5 Å². The van der Waals surface area contributed by atoms with E-state index in [1.54, 1.807) is 17.5 Å². The van der Waals surface area contributed by atoms with Crippen molar-refractivity contribution in [2.24, 2.45) is 0 Å². The lowest BCUT2D eigenvalue weighted by molar-refractivity contribution is -0.146. The van der Waals surface area contributed by atoms with E-state index >= 15 is 0 Å². The molecule has 0 aliphatic carbocycles. The van der Waals surface area contributed by atoms with Crippen LogP contribution in [0.3, 0.4) is 0 Å². The van der Waals surface area contributed by atoms with Crippen LogP contribution in [0.2, 0.25) is 36.3 Å². The molecule has 2 unspecified atom stereocenters. The topological polar surface area (TPSA) is 178 Å². The molecule has 2 rings (SSSR count). The van der Waals surface area contributed by atoms with Gasteiger partial charge in [-0.3, -0.25) is 19.4 Å². The summed E-state index contributed by atoms with van der Waals surface area (Å²) in [5, 5.41) is 19.7. The number of hydrogen-bond acceptors (Lipinski definition) is 11. The standard InChI is InChI=1S/C34H57N5O8SSi2/c1-33(2,3)49(8,9)46-18-14-12-13-17-35-28(41)24-16-15-23(19-36-24)31-39-27(22-48-31)30(43)38-26(21-47-50(10,11)34(4,5)6)29(42)37-25(20-40)32(44)45-7/h15-16,19,22,25-26,40H,12-14,17-18,20-21H2,1-11H3,(H,35,41)(H,37,42)(H,38,43). The number of carbonyl (C=O) groups excluding carboxylic acids is 4. The Morgan fingerprint density at radius 2 is 1.50 bits per heavy atom. The van der Waals surface area contributed by atoms with Crippen LogP contribution in [0, 0.1) is 0 Å². The molecule has 13 nitrogen and oxygen atoms in total. The van der Waals surface area contributed by atoms with Crippen LogP contribution in [0.5, 0.6) is 0 Å². The molecule has 2 atom stereocenters. The number of nitrogens with zero attached hydrogens (tertiary/aromatic N) is 2. The van der Waals surface area contributed by atoms with E-state index in [0.29, 0.717) is 17.1 Å². The van der Waals surface area contributed by atoms with E-state index in [-0.39, 0.29) is 34.0 Å². The van der Waals surface area contributed by atoms with Crippen molar-refractivity contribution in [2.75, 3.05) is 33.5 Å². The molecule has 50 heavy (non-hydrogen) atoms. The molecule has 4 N–H and O–H groups in total. The second-order valence-electron chi connectivity index (χ2n) is 15.3. The molecule has 0 bridgehead atoms. The third-order valence-electron chi connectivity index (χ3n) is 9.38. The van der Waals surface area contributed by atoms with Gasteiger partial charge in [0.1, 0.15) is 22.4 Å². The third kappa shape index (κ3) is 12.6. The molecule has 16 heteroatoms. The van der Waals surface area contributed by atoms with Gasteiger partial charge in [-0.2, -0.15) is 0 Å². The molecule has 0 aliphatic heterocycles. The molecule has 0 radical (unpaired) electrons. The van der Waals surface area contributed by atoms with E-state index in [4.69, 9.17) is 8.85 Å². The van der Waals surface area contributed by atoms with E-state index < -0.39 is 53.1 Å². The highest BCUT2D eigenvalue weighted by molar-refractivity contribution is 7.13. The number of ether oxygens (including phenoxy) is 1. The summed E-state index contributed by atoms with van der Waals surface area (Å²) in [6.45, 7) is 21.8. The molecule has 0 spiro atoms. The van der Waals surface area contributed by atoms with Crippen molar-refractivity contribution in [1.29, 1.82) is 0 Å². The molecule has 0 aromatic carbocycles. The number of aliphatic hydroxyl groups excluding tert-OH is 1. The van der Waals surface area contributed by atoms with Gasteiger partial charge in [0.25, 0.3) is 11.8 Å². The van der Waals surface area contributed by atoms with E-state index in [0.717, 1.165) is 33.0 Å². The summed E-state index contributed by atoms with van der Waals surface area (Å²) in [6, 6.07) is 0.832. The number of pyridine rings is 1. The van der Waals surface area contributed by atoms with Gasteiger partial charge in [0.05, 0.1) is 20.3 Å². The Bertz CT molecular complexity index is 1440. The van der Waals surface area contributed by atoms with Gasteiger partial charge in [0.15, 0.2) is 22.7 Å². The fourth-order valence-corrected chi connectivity index (χ4v) is 6.82. The zero-order valence-corrected chi connectivity index (χ0v) is 34.3. The number of carbonyl (C=O) groups is 4. The van der Waals surface area contributed by atoms with Gasteiger partial charge in [-0.1, -0.05) is 41.5 Å². The number of amides is 3. The SMILES string of the molecule is COC(=O)C(CO)NC(=O)C(CO[Si](C)(C)C(C)(C)C)NC(=O)c1csc(-c2ccc(C(=O)NCCCCCO[Si](C)(C)C(C)(C)C)nc2)n1. The molecule has 280 valence electrons. The number of esters is 1. The number of thiazole rings is 1. The first-order valence-electron chi connectivity index (χ1n) is 16.9. The van der Waals surface area contributed by atoms with E-state index in [1.807, 2.05) is 33.9 Å². The number of rotatable bonds is 18. The Morgan fingerprint density at radius 1 is 0.860 bits per heavy atom. The first kappa shape index (κ1) is 43.1. The number of methoxy groups -OCH3 is 1. The Balaban J connectivity index is 2.00. The summed E-state index contributed by atoms with van der Waals surface area (Å²) in [6.07, 6.45) is 4.26. The minimum Gasteiger partial charge on any atom is -0.467 e. The normalized spacial score (nSPS) is 13.7. The summed E-state index contributed by atoms with van der Waals surface area (Å²) in [5.41, 5.74) is 0.957. The number of unbranched alkanes of at least 4 members (excludes halogenated alkanes) is 2. The highest BCUT2D eigenvalue weighted by Crippen LogP contribution is 2.37. The van der Waals surface area contributed by atoms with E-state index in [2.05, 4.69) is 64.5 Å². The zero-order chi connectivity index (χ0) is 37.9. The maximum Gasteiger partial charge on any atom is 0.330 e. The second-order valence-corrected chi connectivity index (χ2v) is 25.7. The maximum absolute atomic E-state index is 13.3. The van der Waals surface area contributed by atoms with Crippen molar-refractivity contribution in [3.05, 3.63) is 35.1 Å². The highest BCUT2D eigenvalue weighted by Gasteiger charge is 2.39. The predicted octanol–water partition coefficient (Wildman–Crippen LogP) is 4.90. The van der Waals surface area contributed by atoms with Crippen LogP contribution in [0.4, 0.5) is 0 Å². The fraction of sp³-hybridized carbons (Fsp3) is 0.647. The molecule has 0 saturated heterocycles. The van der Waals surface area contributed by atoms with E-state index in [9.17, 15) is 24.3 Å². The monoisotopic (exact) mass is 751 g/mol. The van der Waals surface area contributed by atoms with Crippen molar-refractivity contribution in [1.82, 2.24) is 25.9 Å². The largest absolute Gasteiger partial charge is 0.467 e. The molecule has 2 aromatic rings. The molecule has 0 saturated carbocycles. The molecular formula is C34H57N5O8SSi2. The molecule has 2 aromatic heterocycles. The van der Waals surface area contributed by atoms with Crippen LogP contribution in [-0.4, -0.2) is 101 Å². The minimum absolute atomic E-state index is 0.0679. The second kappa shape index (κ2) is 18.5. The summed E-state index contributed by atoms with van der Waals surface area (Å²) in [5.74, 6) is -2.43. The number of aliphatic hydroxyl groups is 1. The summed E-state index contributed by atoms with van der Waals surface area (Å²) < 4.78 is 17.1. The highest BCUT2D eigenvalue weighted by atomic mass is 32.1. The lowest BCUT2D eigenvalue weighted by Gasteiger charge is -2.37. The molecular weight excluding hydrogens is 695 g/mol. The Hall–Kier alpha value is -3.03. The lowest BCUT2D eigenvalue weighted by Crippen LogP contribution is -2.56. The molecule has 0 aliphatic rings. The van der Waals surface area contributed by atoms with Gasteiger partial charge in [0.2, 0.25) is 5.91 Å². The zero-order valence-electron chi connectivity index (χ0n) is 31.5. The molecule has 2 heterocycles. The minimum atomic E-state index is -2.32. The van der Waals surface area contributed by atoms with Crippen LogP contribution in [-0.2, 0) is 23.2 Å². The van der Waals surface area contributed by atoms with Gasteiger partial charge in [-0.15, -0.1) is 11.3 Å². The Labute approximate surface area is 302 Å². The predicted molar refractivity (Wildman–Crippen MR) is 200 cm³/mol. The average Bonchev–Trinajstić information content (AvgIpc) is 3.54. The van der Waals surface area contributed by atoms with Crippen LogP contribution < -0.4 is 16.0 Å². The quantitative estimate of drug-likeness (QED) is 0.0931. The van der Waals surface area contributed by atoms with Gasteiger partial charge < -0.3 is 34.6 Å². The number of aromatic nitrogens is 2. The molecule has 0 fully saturated rings. The number of hydrogen-bond donors (Lipinski definition) is 4. The van der Waals surface area contributed by atoms with Crippen molar-refractivity contribution in [3.8, 4) is 10.6 Å². The Morgan fingerprint density at radius 3 is 2.06 bits per heavy atom. The van der Waals surface area contributed by atoms with Crippen LogP contribution >= 0.6 is 11.3 Å². The summed E-state index contributed by atoms with van der Waals surface area (Å²) in [4.78, 5) is 59.8. The van der Waals surface area contributed by atoms with Crippen LogP contribution in [0.25, 0.3) is 10.6 Å². The van der Waals surface area contributed by atoms with Crippen molar-refractivity contribution in [2.45, 2.75) is 109 Å². The fourth-order valence-electron chi connectivity index (χ4n) is 3.92. The van der Waals surface area contributed by atoms with Crippen molar-refractivity contribution >= 4 is 51.7 Å². The maximum atomic E-state index is 13.3. The van der Waals surface area contributed by atoms with Crippen LogP contribution in [0.1, 0.15) is 81.8 Å². The van der Waals surface area contributed by atoms with Gasteiger partial charge >= 0.3 is 5.97 Å². The smallest absolute Gasteiger partial charge is 0.330 e. The summed E-state index contributed by atoms with van der Waals surface area (Å²) in [7, 11) is -2.93. The van der Waals surface area contributed by atoms with Crippen molar-refractivity contribution < 1.29 is 37.9 Å². The van der Waals surface area contributed by atoms with Gasteiger partial charge in [-0.05, 0) is 67.7 Å². The number of nitrogens with one attached hydrogen (secondary N) is 3. The van der Waals surface area contributed by atoms with Gasteiger partial charge in [-0.25, -0.2) is 9.78 Å².